The average Bonchev–Trinajstić information content (AvgIpc) is 3.13. The van der Waals surface area contributed by atoms with Crippen LogP contribution in [0.3, 0.4) is 0 Å². The maximum Gasteiger partial charge on any atom is 0.269 e. The summed E-state index contributed by atoms with van der Waals surface area (Å²) in [4.78, 5) is 28.2. The number of rotatable bonds is 5. The second-order valence-electron chi connectivity index (χ2n) is 7.97. The van der Waals surface area contributed by atoms with E-state index in [1.807, 2.05) is 68.4 Å². The van der Waals surface area contributed by atoms with Gasteiger partial charge in [-0.25, -0.2) is 0 Å². The lowest BCUT2D eigenvalue weighted by atomic mass is 10.1. The molecule has 7 heteroatoms. The number of nitrogens with one attached hydrogen (secondary N) is 1. The fourth-order valence-electron chi connectivity index (χ4n) is 3.71. The van der Waals surface area contributed by atoms with E-state index in [-0.39, 0.29) is 11.5 Å². The van der Waals surface area contributed by atoms with Gasteiger partial charge in [-0.15, -0.1) is 0 Å². The standard InChI is InChI=1S/C27H22ClN3O2S/c1-17-12-13-19(14-22(17)28)15-24-26(33)31(23-11-7-6-8-18(23)2)27(34-24)21(16-29)25(32)30-20-9-4-3-5-10-20/h3-14,24H,15H2,1-2H3,(H,30,32)/b27-21+/t24-/m0/s1. The molecule has 3 aromatic rings. The van der Waals surface area contributed by atoms with Crippen molar-refractivity contribution in [1.29, 1.82) is 5.26 Å². The smallest absolute Gasteiger partial charge is 0.269 e. The number of hydrogen-bond acceptors (Lipinski definition) is 4. The van der Waals surface area contributed by atoms with Crippen molar-refractivity contribution in [3.8, 4) is 6.07 Å². The normalized spacial score (nSPS) is 16.8. The topological polar surface area (TPSA) is 73.2 Å². The van der Waals surface area contributed by atoms with Crippen LogP contribution in [0.2, 0.25) is 5.02 Å². The molecule has 1 heterocycles. The molecule has 4 rings (SSSR count). The van der Waals surface area contributed by atoms with E-state index < -0.39 is 11.2 Å². The number of aryl methyl sites for hydroxylation is 2. The zero-order chi connectivity index (χ0) is 24.2. The molecule has 0 aliphatic carbocycles. The lowest BCUT2D eigenvalue weighted by molar-refractivity contribution is -0.117. The van der Waals surface area contributed by atoms with Crippen LogP contribution in [0.4, 0.5) is 11.4 Å². The fraction of sp³-hybridized carbons (Fsp3) is 0.148. The van der Waals surface area contributed by atoms with Gasteiger partial charge in [-0.3, -0.25) is 14.5 Å². The molecule has 1 saturated heterocycles. The molecule has 5 nitrogen and oxygen atoms in total. The summed E-state index contributed by atoms with van der Waals surface area (Å²) in [6, 6.07) is 24.1. The molecule has 0 spiro atoms. The molecule has 3 aromatic carbocycles. The summed E-state index contributed by atoms with van der Waals surface area (Å²) in [6.07, 6.45) is 0.425. The molecular weight excluding hydrogens is 466 g/mol. The summed E-state index contributed by atoms with van der Waals surface area (Å²) in [5.41, 5.74) is 3.87. The molecule has 0 unspecified atom stereocenters. The zero-order valence-corrected chi connectivity index (χ0v) is 20.3. The van der Waals surface area contributed by atoms with E-state index >= 15 is 0 Å². The number of carbonyl (C=O) groups is 2. The second-order valence-corrected chi connectivity index (χ2v) is 9.57. The van der Waals surface area contributed by atoms with Crippen LogP contribution in [-0.2, 0) is 16.0 Å². The second kappa shape index (κ2) is 10.2. The van der Waals surface area contributed by atoms with Crippen molar-refractivity contribution in [2.24, 2.45) is 0 Å². The molecule has 34 heavy (non-hydrogen) atoms. The summed E-state index contributed by atoms with van der Waals surface area (Å²) in [7, 11) is 0. The number of nitrogens with zero attached hydrogens (tertiary/aromatic N) is 2. The van der Waals surface area contributed by atoms with Gasteiger partial charge in [0.1, 0.15) is 16.7 Å². The largest absolute Gasteiger partial charge is 0.321 e. The number of para-hydroxylation sites is 2. The first-order valence-electron chi connectivity index (χ1n) is 10.7. The zero-order valence-electron chi connectivity index (χ0n) is 18.7. The van der Waals surface area contributed by atoms with Crippen molar-refractivity contribution in [1.82, 2.24) is 0 Å². The summed E-state index contributed by atoms with van der Waals surface area (Å²) in [6.45, 7) is 3.82. The minimum Gasteiger partial charge on any atom is -0.321 e. The average molecular weight is 488 g/mol. The third kappa shape index (κ3) is 4.86. The van der Waals surface area contributed by atoms with E-state index in [1.54, 1.807) is 24.3 Å². The third-order valence-electron chi connectivity index (χ3n) is 5.55. The summed E-state index contributed by atoms with van der Waals surface area (Å²) in [5, 5.41) is 13.2. The number of benzene rings is 3. The Hall–Kier alpha value is -3.53. The van der Waals surface area contributed by atoms with Gasteiger partial charge in [-0.2, -0.15) is 5.26 Å². The molecule has 1 atom stereocenters. The van der Waals surface area contributed by atoms with Crippen LogP contribution < -0.4 is 10.2 Å². The van der Waals surface area contributed by atoms with Crippen LogP contribution >= 0.6 is 23.4 Å². The first-order valence-corrected chi connectivity index (χ1v) is 12.0. The number of halogens is 1. The number of amides is 2. The molecule has 0 aromatic heterocycles. The van der Waals surface area contributed by atoms with E-state index in [4.69, 9.17) is 11.6 Å². The summed E-state index contributed by atoms with van der Waals surface area (Å²) >= 11 is 7.53. The Morgan fingerprint density at radius 2 is 1.76 bits per heavy atom. The van der Waals surface area contributed by atoms with Crippen molar-refractivity contribution in [2.75, 3.05) is 10.2 Å². The highest BCUT2D eigenvalue weighted by atomic mass is 35.5. The highest BCUT2D eigenvalue weighted by molar-refractivity contribution is 8.05. The maximum absolute atomic E-state index is 13.6. The van der Waals surface area contributed by atoms with Gasteiger partial charge in [0.2, 0.25) is 5.91 Å². The monoisotopic (exact) mass is 487 g/mol. The van der Waals surface area contributed by atoms with E-state index in [0.717, 1.165) is 16.7 Å². The van der Waals surface area contributed by atoms with Crippen molar-refractivity contribution >= 4 is 46.6 Å². The van der Waals surface area contributed by atoms with Gasteiger partial charge in [0.15, 0.2) is 0 Å². The predicted molar refractivity (Wildman–Crippen MR) is 138 cm³/mol. The Balaban J connectivity index is 1.75. The van der Waals surface area contributed by atoms with Gasteiger partial charge in [-0.1, -0.05) is 71.9 Å². The summed E-state index contributed by atoms with van der Waals surface area (Å²) < 4.78 is 0. The minimum atomic E-state index is -0.554. The highest BCUT2D eigenvalue weighted by Crippen LogP contribution is 2.43. The Morgan fingerprint density at radius 3 is 2.44 bits per heavy atom. The van der Waals surface area contributed by atoms with E-state index in [1.165, 1.54) is 16.7 Å². The molecular formula is C27H22ClN3O2S. The molecule has 0 radical (unpaired) electrons. The minimum absolute atomic E-state index is 0.102. The van der Waals surface area contributed by atoms with Crippen molar-refractivity contribution < 1.29 is 9.59 Å². The molecule has 2 amide bonds. The predicted octanol–water partition coefficient (Wildman–Crippen LogP) is 6.02. The molecule has 0 bridgehead atoms. The van der Waals surface area contributed by atoms with E-state index in [9.17, 15) is 14.9 Å². The van der Waals surface area contributed by atoms with E-state index in [0.29, 0.717) is 27.8 Å². The SMILES string of the molecule is Cc1ccc(C[C@@H]2S/C(=C(\C#N)C(=O)Nc3ccccc3)N(c3ccccc3C)C2=O)cc1Cl. The van der Waals surface area contributed by atoms with Gasteiger partial charge >= 0.3 is 0 Å². The van der Waals surface area contributed by atoms with Gasteiger partial charge in [0, 0.05) is 10.7 Å². The number of carbonyl (C=O) groups excluding carboxylic acids is 2. The van der Waals surface area contributed by atoms with Crippen molar-refractivity contribution in [3.63, 3.8) is 0 Å². The van der Waals surface area contributed by atoms with Gasteiger partial charge in [0.25, 0.3) is 5.91 Å². The van der Waals surface area contributed by atoms with Gasteiger partial charge in [0.05, 0.1) is 10.9 Å². The Kier molecular flexibility index (Phi) is 7.06. The summed E-state index contributed by atoms with van der Waals surface area (Å²) in [5.74, 6) is -0.729. The molecule has 170 valence electrons. The molecule has 1 aliphatic rings. The molecule has 1 fully saturated rings. The first-order chi connectivity index (χ1) is 16.4. The number of thioether (sulfide) groups is 1. The Bertz CT molecular complexity index is 1330. The van der Waals surface area contributed by atoms with Crippen LogP contribution in [0.1, 0.15) is 16.7 Å². The lowest BCUT2D eigenvalue weighted by Gasteiger charge is -2.20. The quantitative estimate of drug-likeness (QED) is 0.352. The highest BCUT2D eigenvalue weighted by Gasteiger charge is 2.41. The molecule has 0 saturated carbocycles. The van der Waals surface area contributed by atoms with Crippen LogP contribution in [0.5, 0.6) is 0 Å². The first kappa shape index (κ1) is 23.6. The van der Waals surface area contributed by atoms with Crippen LogP contribution in [0.15, 0.2) is 83.4 Å². The Labute approximate surface area is 208 Å². The van der Waals surface area contributed by atoms with Crippen LogP contribution in [0.25, 0.3) is 0 Å². The number of hydrogen-bond donors (Lipinski definition) is 1. The molecule has 1 aliphatic heterocycles. The number of nitriles is 1. The maximum atomic E-state index is 13.6. The lowest BCUT2D eigenvalue weighted by Crippen LogP contribution is -2.31. The fourth-order valence-corrected chi connectivity index (χ4v) is 5.22. The van der Waals surface area contributed by atoms with Crippen LogP contribution in [-0.4, -0.2) is 17.1 Å². The third-order valence-corrected chi connectivity index (χ3v) is 7.22. The number of anilines is 2. The molecule has 1 N–H and O–H groups in total. The van der Waals surface area contributed by atoms with Crippen molar-refractivity contribution in [2.45, 2.75) is 25.5 Å². The van der Waals surface area contributed by atoms with E-state index in [2.05, 4.69) is 5.32 Å². The van der Waals surface area contributed by atoms with Gasteiger partial charge < -0.3 is 5.32 Å². The Morgan fingerprint density at radius 1 is 1.06 bits per heavy atom. The van der Waals surface area contributed by atoms with Crippen molar-refractivity contribution in [3.05, 3.63) is 105 Å². The van der Waals surface area contributed by atoms with Crippen LogP contribution in [0, 0.1) is 25.2 Å². The van der Waals surface area contributed by atoms with Gasteiger partial charge in [-0.05, 0) is 61.2 Å².